The highest BCUT2D eigenvalue weighted by Gasteiger charge is 2.15. The number of hydrogen-bond acceptors (Lipinski definition) is 3. The second kappa shape index (κ2) is 6.93. The van der Waals surface area contributed by atoms with Crippen LogP contribution in [0.3, 0.4) is 0 Å². The van der Waals surface area contributed by atoms with Gasteiger partial charge in [-0.1, -0.05) is 0 Å². The summed E-state index contributed by atoms with van der Waals surface area (Å²) >= 11 is 0. The Labute approximate surface area is 112 Å². The Morgan fingerprint density at radius 3 is 2.42 bits per heavy atom. The standard InChI is InChI=1S/C14H20F2N2O/c1-17-14(2-3-18-4-6-19-7-5-18)11-8-12(15)10-13(16)9-11/h8-10,14,17H,2-7H2,1H3. The fourth-order valence-electron chi connectivity index (χ4n) is 2.39. The molecule has 5 heteroatoms. The zero-order valence-corrected chi connectivity index (χ0v) is 11.2. The van der Waals surface area contributed by atoms with Gasteiger partial charge in [0.15, 0.2) is 0 Å². The maximum absolute atomic E-state index is 13.2. The maximum atomic E-state index is 13.2. The molecule has 0 radical (unpaired) electrons. The third-order valence-electron chi connectivity index (χ3n) is 3.47. The van der Waals surface area contributed by atoms with Crippen molar-refractivity contribution in [3.63, 3.8) is 0 Å². The van der Waals surface area contributed by atoms with Gasteiger partial charge in [0.2, 0.25) is 0 Å². The van der Waals surface area contributed by atoms with Gasteiger partial charge in [-0.3, -0.25) is 4.90 Å². The lowest BCUT2D eigenvalue weighted by atomic mass is 10.0. The minimum absolute atomic E-state index is 0.0342. The SMILES string of the molecule is CNC(CCN1CCOCC1)c1cc(F)cc(F)c1. The summed E-state index contributed by atoms with van der Waals surface area (Å²) in [5, 5.41) is 3.12. The average molecular weight is 270 g/mol. The molecule has 0 bridgehead atoms. The molecule has 0 saturated carbocycles. The van der Waals surface area contributed by atoms with E-state index in [2.05, 4.69) is 10.2 Å². The summed E-state index contributed by atoms with van der Waals surface area (Å²) in [7, 11) is 1.81. The second-order valence-corrected chi connectivity index (χ2v) is 4.79. The highest BCUT2D eigenvalue weighted by Crippen LogP contribution is 2.19. The van der Waals surface area contributed by atoms with Crippen LogP contribution in [0.15, 0.2) is 18.2 Å². The Hall–Kier alpha value is -1.04. The fraction of sp³-hybridized carbons (Fsp3) is 0.571. The fourth-order valence-corrected chi connectivity index (χ4v) is 2.39. The Bertz CT molecular complexity index is 388. The van der Waals surface area contributed by atoms with E-state index in [9.17, 15) is 8.78 Å². The third kappa shape index (κ3) is 4.23. The van der Waals surface area contributed by atoms with Crippen molar-refractivity contribution in [3.05, 3.63) is 35.4 Å². The zero-order valence-electron chi connectivity index (χ0n) is 11.2. The molecule has 0 amide bonds. The van der Waals surface area contributed by atoms with E-state index in [1.165, 1.54) is 12.1 Å². The van der Waals surface area contributed by atoms with Crippen molar-refractivity contribution in [3.8, 4) is 0 Å². The summed E-state index contributed by atoms with van der Waals surface area (Å²) in [4.78, 5) is 2.31. The van der Waals surface area contributed by atoms with Gasteiger partial charge in [0.25, 0.3) is 0 Å². The number of rotatable bonds is 5. The lowest BCUT2D eigenvalue weighted by Gasteiger charge is -2.28. The quantitative estimate of drug-likeness (QED) is 0.885. The minimum atomic E-state index is -0.526. The van der Waals surface area contributed by atoms with Crippen molar-refractivity contribution in [2.75, 3.05) is 39.9 Å². The van der Waals surface area contributed by atoms with Crippen LogP contribution >= 0.6 is 0 Å². The molecule has 1 aliphatic heterocycles. The predicted octanol–water partition coefficient (Wildman–Crippen LogP) is 1.95. The molecule has 1 N–H and O–H groups in total. The number of ether oxygens (including phenoxy) is 1. The predicted molar refractivity (Wildman–Crippen MR) is 70.0 cm³/mol. The summed E-state index contributed by atoms with van der Waals surface area (Å²) in [6, 6.07) is 3.65. The first-order valence-corrected chi connectivity index (χ1v) is 6.62. The molecular weight excluding hydrogens is 250 g/mol. The summed E-state index contributed by atoms with van der Waals surface area (Å²) in [6.45, 7) is 4.27. The highest BCUT2D eigenvalue weighted by molar-refractivity contribution is 5.21. The first kappa shape index (κ1) is 14.4. The molecule has 2 rings (SSSR count). The molecule has 1 aromatic rings. The van der Waals surface area contributed by atoms with E-state index in [1.54, 1.807) is 0 Å². The molecule has 1 atom stereocenters. The average Bonchev–Trinajstić information content (AvgIpc) is 2.39. The van der Waals surface area contributed by atoms with Gasteiger partial charge in [-0.05, 0) is 31.2 Å². The van der Waals surface area contributed by atoms with Crippen LogP contribution in [0.1, 0.15) is 18.0 Å². The Morgan fingerprint density at radius 2 is 1.84 bits per heavy atom. The number of halogens is 2. The van der Waals surface area contributed by atoms with Gasteiger partial charge in [-0.15, -0.1) is 0 Å². The number of morpholine rings is 1. The Kier molecular flexibility index (Phi) is 5.24. The Morgan fingerprint density at radius 1 is 1.21 bits per heavy atom. The van der Waals surface area contributed by atoms with Gasteiger partial charge in [0.05, 0.1) is 13.2 Å². The third-order valence-corrected chi connectivity index (χ3v) is 3.47. The molecular formula is C14H20F2N2O. The van der Waals surface area contributed by atoms with Gasteiger partial charge in [0, 0.05) is 31.7 Å². The topological polar surface area (TPSA) is 24.5 Å². The first-order valence-electron chi connectivity index (χ1n) is 6.62. The largest absolute Gasteiger partial charge is 0.379 e. The molecule has 1 saturated heterocycles. The molecule has 19 heavy (non-hydrogen) atoms. The van der Waals surface area contributed by atoms with E-state index in [1.807, 2.05) is 7.05 Å². The number of benzene rings is 1. The number of nitrogens with one attached hydrogen (secondary N) is 1. The van der Waals surface area contributed by atoms with Crippen LogP contribution < -0.4 is 5.32 Å². The summed E-state index contributed by atoms with van der Waals surface area (Å²) in [5.41, 5.74) is 0.660. The highest BCUT2D eigenvalue weighted by atomic mass is 19.1. The second-order valence-electron chi connectivity index (χ2n) is 4.79. The number of hydrogen-bond donors (Lipinski definition) is 1. The molecule has 0 spiro atoms. The van der Waals surface area contributed by atoms with Crippen molar-refractivity contribution < 1.29 is 13.5 Å². The van der Waals surface area contributed by atoms with Gasteiger partial charge < -0.3 is 10.1 Å². The van der Waals surface area contributed by atoms with E-state index in [0.29, 0.717) is 5.56 Å². The van der Waals surface area contributed by atoms with E-state index < -0.39 is 11.6 Å². The first-order chi connectivity index (χ1) is 9.19. The zero-order chi connectivity index (χ0) is 13.7. The molecule has 1 aliphatic rings. The normalized spacial score (nSPS) is 18.5. The molecule has 106 valence electrons. The summed E-state index contributed by atoms with van der Waals surface area (Å²) in [6.07, 6.45) is 0.819. The van der Waals surface area contributed by atoms with E-state index in [0.717, 1.165) is 45.3 Å². The van der Waals surface area contributed by atoms with Crippen LogP contribution in [0, 0.1) is 11.6 Å². The van der Waals surface area contributed by atoms with Crippen LogP contribution in [-0.2, 0) is 4.74 Å². The number of nitrogens with zero attached hydrogens (tertiary/aromatic N) is 1. The maximum Gasteiger partial charge on any atom is 0.126 e. The van der Waals surface area contributed by atoms with Gasteiger partial charge in [-0.2, -0.15) is 0 Å². The van der Waals surface area contributed by atoms with Gasteiger partial charge >= 0.3 is 0 Å². The van der Waals surface area contributed by atoms with Crippen molar-refractivity contribution >= 4 is 0 Å². The lowest BCUT2D eigenvalue weighted by Crippen LogP contribution is -2.38. The molecule has 0 aliphatic carbocycles. The molecule has 3 nitrogen and oxygen atoms in total. The van der Waals surface area contributed by atoms with Crippen LogP contribution in [0.25, 0.3) is 0 Å². The lowest BCUT2D eigenvalue weighted by molar-refractivity contribution is 0.0362. The molecule has 1 aromatic carbocycles. The molecule has 1 fully saturated rings. The van der Waals surface area contributed by atoms with Gasteiger partial charge in [-0.25, -0.2) is 8.78 Å². The van der Waals surface area contributed by atoms with Crippen LogP contribution in [0.5, 0.6) is 0 Å². The Balaban J connectivity index is 1.95. The molecule has 1 unspecified atom stereocenters. The molecule has 0 aromatic heterocycles. The van der Waals surface area contributed by atoms with E-state index >= 15 is 0 Å². The van der Waals surface area contributed by atoms with Crippen molar-refractivity contribution in [2.45, 2.75) is 12.5 Å². The molecule has 1 heterocycles. The minimum Gasteiger partial charge on any atom is -0.379 e. The smallest absolute Gasteiger partial charge is 0.126 e. The van der Waals surface area contributed by atoms with Gasteiger partial charge in [0.1, 0.15) is 11.6 Å². The van der Waals surface area contributed by atoms with Crippen LogP contribution in [-0.4, -0.2) is 44.8 Å². The van der Waals surface area contributed by atoms with E-state index in [-0.39, 0.29) is 6.04 Å². The van der Waals surface area contributed by atoms with Crippen molar-refractivity contribution in [1.29, 1.82) is 0 Å². The van der Waals surface area contributed by atoms with E-state index in [4.69, 9.17) is 4.74 Å². The van der Waals surface area contributed by atoms with Crippen LogP contribution in [0.2, 0.25) is 0 Å². The van der Waals surface area contributed by atoms with Crippen molar-refractivity contribution in [2.24, 2.45) is 0 Å². The van der Waals surface area contributed by atoms with Crippen LogP contribution in [0.4, 0.5) is 8.78 Å². The summed E-state index contributed by atoms with van der Waals surface area (Å²) in [5.74, 6) is -1.05. The summed E-state index contributed by atoms with van der Waals surface area (Å²) < 4.78 is 31.7. The van der Waals surface area contributed by atoms with Crippen molar-refractivity contribution in [1.82, 2.24) is 10.2 Å². The monoisotopic (exact) mass is 270 g/mol.